The lowest BCUT2D eigenvalue weighted by Gasteiger charge is -1.87. The fraction of sp³-hybridized carbons (Fsp3) is 0.100. The van der Waals surface area contributed by atoms with E-state index in [1.54, 1.807) is 17.4 Å². The van der Waals surface area contributed by atoms with E-state index < -0.39 is 0 Å². The van der Waals surface area contributed by atoms with Crippen LogP contribution < -0.4 is 0 Å². The number of hydrogen-bond acceptors (Lipinski definition) is 2. The lowest BCUT2D eigenvalue weighted by molar-refractivity contribution is 1.39. The smallest absolute Gasteiger partial charge is 0.129 e. The van der Waals surface area contributed by atoms with Gasteiger partial charge in [0.15, 0.2) is 0 Å². The van der Waals surface area contributed by atoms with Gasteiger partial charge in [-0.2, -0.15) is 0 Å². The Hall–Kier alpha value is -1.04. The molecule has 0 atom stereocenters. The zero-order valence-corrected chi connectivity index (χ0v) is 8.32. The van der Waals surface area contributed by atoms with Crippen LogP contribution in [0.3, 0.4) is 0 Å². The zero-order valence-electron chi connectivity index (χ0n) is 6.75. The van der Waals surface area contributed by atoms with Gasteiger partial charge in [-0.25, -0.2) is 4.98 Å². The number of fused-ring (bicyclic) bond motifs is 1. The molecule has 0 fully saturated rings. The average Bonchev–Trinajstić information content (AvgIpc) is 2.46. The second-order valence-corrected chi connectivity index (χ2v) is 4.17. The van der Waals surface area contributed by atoms with Crippen molar-refractivity contribution in [2.45, 2.75) is 6.42 Å². The molecule has 3 heteroatoms. The molecule has 0 saturated carbocycles. The number of aromatic nitrogens is 1. The SMILES string of the molecule is C#CCc1cc2nc(Cl)ccc2s1. The van der Waals surface area contributed by atoms with Crippen LogP contribution in [0.15, 0.2) is 18.2 Å². The van der Waals surface area contributed by atoms with Crippen LogP contribution >= 0.6 is 22.9 Å². The van der Waals surface area contributed by atoms with Crippen LogP contribution in [0.1, 0.15) is 4.88 Å². The summed E-state index contributed by atoms with van der Waals surface area (Å²) in [6, 6.07) is 5.75. The summed E-state index contributed by atoms with van der Waals surface area (Å²) < 4.78 is 1.13. The molecule has 1 nitrogen and oxygen atoms in total. The Bertz CT molecular complexity index is 481. The van der Waals surface area contributed by atoms with Gasteiger partial charge in [-0.05, 0) is 18.2 Å². The summed E-state index contributed by atoms with van der Waals surface area (Å²) in [5.41, 5.74) is 0.933. The van der Waals surface area contributed by atoms with E-state index in [4.69, 9.17) is 18.0 Å². The molecule has 0 unspecified atom stereocenters. The highest BCUT2D eigenvalue weighted by atomic mass is 35.5. The predicted octanol–water partition coefficient (Wildman–Crippen LogP) is 3.13. The van der Waals surface area contributed by atoms with Crippen LogP contribution in [0, 0.1) is 12.3 Å². The number of hydrogen-bond donors (Lipinski definition) is 0. The quantitative estimate of drug-likeness (QED) is 0.517. The molecule has 13 heavy (non-hydrogen) atoms. The summed E-state index contributed by atoms with van der Waals surface area (Å²) in [6.45, 7) is 0. The monoisotopic (exact) mass is 207 g/mol. The van der Waals surface area contributed by atoms with Gasteiger partial charge >= 0.3 is 0 Å². The number of thiophene rings is 1. The highest BCUT2D eigenvalue weighted by Gasteiger charge is 2.01. The Labute approximate surface area is 85.4 Å². The molecule has 0 aliphatic carbocycles. The first kappa shape index (κ1) is 8.55. The molecular formula is C10H6ClNS. The standard InChI is InChI=1S/C10H6ClNS/c1-2-3-7-6-8-9(13-7)4-5-10(11)12-8/h1,4-6H,3H2. The Balaban J connectivity index is 2.57. The summed E-state index contributed by atoms with van der Waals surface area (Å²) in [4.78, 5) is 5.35. The molecule has 0 amide bonds. The van der Waals surface area contributed by atoms with Crippen LogP contribution in [0.25, 0.3) is 10.2 Å². The van der Waals surface area contributed by atoms with E-state index in [-0.39, 0.29) is 0 Å². The molecule has 2 aromatic rings. The minimum atomic E-state index is 0.526. The fourth-order valence-electron chi connectivity index (χ4n) is 1.14. The van der Waals surface area contributed by atoms with E-state index in [9.17, 15) is 0 Å². The van der Waals surface area contributed by atoms with E-state index in [2.05, 4.69) is 10.9 Å². The van der Waals surface area contributed by atoms with Gasteiger partial charge in [0, 0.05) is 11.3 Å². The highest BCUT2D eigenvalue weighted by Crippen LogP contribution is 2.25. The maximum absolute atomic E-state index is 5.76. The third kappa shape index (κ3) is 1.67. The number of nitrogens with zero attached hydrogens (tertiary/aromatic N) is 1. The molecule has 0 spiro atoms. The summed E-state index contributed by atoms with van der Waals surface area (Å²) in [5.74, 6) is 2.61. The summed E-state index contributed by atoms with van der Waals surface area (Å²) in [5, 5.41) is 0.526. The van der Waals surface area contributed by atoms with Gasteiger partial charge in [0.05, 0.1) is 10.2 Å². The van der Waals surface area contributed by atoms with Crippen LogP contribution in [-0.4, -0.2) is 4.98 Å². The van der Waals surface area contributed by atoms with Crippen molar-refractivity contribution in [1.82, 2.24) is 4.98 Å². The molecule has 0 aromatic carbocycles. The van der Waals surface area contributed by atoms with Gasteiger partial charge in [-0.1, -0.05) is 11.6 Å². The summed E-state index contributed by atoms with van der Waals surface area (Å²) in [6.07, 6.45) is 5.89. The van der Waals surface area contributed by atoms with E-state index in [1.807, 2.05) is 12.1 Å². The number of halogens is 1. The molecule has 0 aliphatic rings. The van der Waals surface area contributed by atoms with E-state index >= 15 is 0 Å². The van der Waals surface area contributed by atoms with Gasteiger partial charge in [0.2, 0.25) is 0 Å². The molecule has 2 heterocycles. The first-order chi connectivity index (χ1) is 6.29. The molecule has 2 rings (SSSR count). The van der Waals surface area contributed by atoms with Crippen molar-refractivity contribution < 1.29 is 0 Å². The maximum atomic E-state index is 5.76. The van der Waals surface area contributed by atoms with Crippen LogP contribution in [0.4, 0.5) is 0 Å². The van der Waals surface area contributed by atoms with Gasteiger partial charge in [-0.3, -0.25) is 0 Å². The van der Waals surface area contributed by atoms with Crippen LogP contribution in [-0.2, 0) is 6.42 Å². The molecule has 2 aromatic heterocycles. The number of pyridine rings is 1. The van der Waals surface area contributed by atoms with E-state index in [0.29, 0.717) is 11.6 Å². The average molecular weight is 208 g/mol. The first-order valence-corrected chi connectivity index (χ1v) is 4.97. The van der Waals surface area contributed by atoms with Crippen molar-refractivity contribution >= 4 is 33.2 Å². The molecule has 0 radical (unpaired) electrons. The highest BCUT2D eigenvalue weighted by molar-refractivity contribution is 7.19. The largest absolute Gasteiger partial charge is 0.235 e. The molecule has 0 saturated heterocycles. The minimum absolute atomic E-state index is 0.526. The summed E-state index contributed by atoms with van der Waals surface area (Å²) >= 11 is 7.43. The second-order valence-electron chi connectivity index (χ2n) is 2.61. The Morgan fingerprint density at radius 1 is 1.54 bits per heavy atom. The van der Waals surface area contributed by atoms with Gasteiger partial charge in [0.25, 0.3) is 0 Å². The van der Waals surface area contributed by atoms with Crippen molar-refractivity contribution in [3.8, 4) is 12.3 Å². The van der Waals surface area contributed by atoms with Crippen molar-refractivity contribution in [1.29, 1.82) is 0 Å². The third-order valence-electron chi connectivity index (χ3n) is 1.67. The lowest BCUT2D eigenvalue weighted by Crippen LogP contribution is -1.72. The molecule has 0 aliphatic heterocycles. The Morgan fingerprint density at radius 2 is 2.38 bits per heavy atom. The van der Waals surface area contributed by atoms with Crippen molar-refractivity contribution in [2.24, 2.45) is 0 Å². The van der Waals surface area contributed by atoms with Crippen molar-refractivity contribution in [3.05, 3.63) is 28.2 Å². The normalized spacial score (nSPS) is 10.2. The van der Waals surface area contributed by atoms with Gasteiger partial charge in [0.1, 0.15) is 5.15 Å². The van der Waals surface area contributed by atoms with Crippen LogP contribution in [0.2, 0.25) is 5.15 Å². The zero-order chi connectivity index (χ0) is 9.26. The second kappa shape index (κ2) is 3.37. The number of terminal acetylenes is 1. The molecule has 64 valence electrons. The van der Waals surface area contributed by atoms with Gasteiger partial charge < -0.3 is 0 Å². The third-order valence-corrected chi connectivity index (χ3v) is 2.97. The van der Waals surface area contributed by atoms with Crippen LogP contribution in [0.5, 0.6) is 0 Å². The molecule has 0 N–H and O–H groups in total. The first-order valence-electron chi connectivity index (χ1n) is 3.78. The lowest BCUT2D eigenvalue weighted by atomic mass is 10.3. The minimum Gasteiger partial charge on any atom is -0.235 e. The number of rotatable bonds is 1. The topological polar surface area (TPSA) is 12.9 Å². The molecule has 0 bridgehead atoms. The Kier molecular flexibility index (Phi) is 2.22. The van der Waals surface area contributed by atoms with Gasteiger partial charge in [-0.15, -0.1) is 23.7 Å². The predicted molar refractivity (Wildman–Crippen MR) is 57.2 cm³/mol. The summed E-state index contributed by atoms with van der Waals surface area (Å²) in [7, 11) is 0. The fourth-order valence-corrected chi connectivity index (χ4v) is 2.25. The van der Waals surface area contributed by atoms with Crippen molar-refractivity contribution in [3.63, 3.8) is 0 Å². The van der Waals surface area contributed by atoms with Crippen molar-refractivity contribution in [2.75, 3.05) is 0 Å². The maximum Gasteiger partial charge on any atom is 0.129 e. The van der Waals surface area contributed by atoms with E-state index in [1.165, 1.54) is 0 Å². The Morgan fingerprint density at radius 3 is 3.15 bits per heavy atom. The van der Waals surface area contributed by atoms with E-state index in [0.717, 1.165) is 15.1 Å². The molecular weight excluding hydrogens is 202 g/mol.